The van der Waals surface area contributed by atoms with Gasteiger partial charge in [-0.05, 0) is 17.7 Å². The van der Waals surface area contributed by atoms with Gasteiger partial charge in [0.1, 0.15) is 5.01 Å². The second-order valence-electron chi connectivity index (χ2n) is 5.04. The second-order valence-corrected chi connectivity index (χ2v) is 7.68. The molecule has 0 fully saturated rings. The van der Waals surface area contributed by atoms with Gasteiger partial charge in [-0.1, -0.05) is 46.8 Å². The molecule has 1 heterocycles. The molecule has 8 nitrogen and oxygen atoms in total. The van der Waals surface area contributed by atoms with Crippen LogP contribution in [0.4, 0.5) is 11.4 Å². The highest BCUT2D eigenvalue weighted by Crippen LogP contribution is 2.33. The average Bonchev–Trinajstić information content (AvgIpc) is 3.09. The van der Waals surface area contributed by atoms with Gasteiger partial charge in [-0.2, -0.15) is 0 Å². The number of hydrogen-bond acceptors (Lipinski definition) is 8. The van der Waals surface area contributed by atoms with E-state index in [1.165, 1.54) is 35.2 Å². The van der Waals surface area contributed by atoms with E-state index >= 15 is 0 Å². The Kier molecular flexibility index (Phi) is 5.45. The number of thioether (sulfide) groups is 1. The van der Waals surface area contributed by atoms with Crippen molar-refractivity contribution in [3.63, 3.8) is 0 Å². The largest absolute Gasteiger partial charge is 0.276 e. The summed E-state index contributed by atoms with van der Waals surface area (Å²) in [7, 11) is 0. The van der Waals surface area contributed by atoms with Crippen LogP contribution in [0, 0.1) is 20.2 Å². The molecule has 1 aromatic heterocycles. The van der Waals surface area contributed by atoms with Gasteiger partial charge < -0.3 is 0 Å². The topological polar surface area (TPSA) is 112 Å². The Morgan fingerprint density at radius 1 is 1.00 bits per heavy atom. The van der Waals surface area contributed by atoms with Gasteiger partial charge in [0.25, 0.3) is 11.4 Å². The van der Waals surface area contributed by atoms with Crippen molar-refractivity contribution >= 4 is 46.1 Å². The Balaban J connectivity index is 1.76. The van der Waals surface area contributed by atoms with Crippen LogP contribution in [-0.2, 0) is 5.75 Å². The van der Waals surface area contributed by atoms with Crippen LogP contribution >= 0.6 is 34.7 Å². The van der Waals surface area contributed by atoms with Crippen molar-refractivity contribution in [1.82, 2.24) is 10.2 Å². The van der Waals surface area contributed by atoms with Gasteiger partial charge in [0.05, 0.1) is 15.9 Å². The Bertz CT molecular complexity index is 946. The van der Waals surface area contributed by atoms with E-state index in [4.69, 9.17) is 11.6 Å². The van der Waals surface area contributed by atoms with Crippen LogP contribution in [0.2, 0.25) is 5.02 Å². The average molecular weight is 409 g/mol. The molecule has 0 saturated heterocycles. The highest BCUT2D eigenvalue weighted by molar-refractivity contribution is 8.00. The molecule has 0 aliphatic carbocycles. The van der Waals surface area contributed by atoms with Gasteiger partial charge in [0.15, 0.2) is 4.34 Å². The fourth-order valence-electron chi connectivity index (χ4n) is 2.07. The second kappa shape index (κ2) is 7.77. The summed E-state index contributed by atoms with van der Waals surface area (Å²) < 4.78 is 0.657. The van der Waals surface area contributed by atoms with Gasteiger partial charge in [0.2, 0.25) is 0 Å². The Morgan fingerprint density at radius 3 is 2.19 bits per heavy atom. The third-order valence-electron chi connectivity index (χ3n) is 3.24. The fourth-order valence-corrected chi connectivity index (χ4v) is 3.99. The smallest absolute Gasteiger partial charge is 0.258 e. The molecule has 0 amide bonds. The lowest BCUT2D eigenvalue weighted by Gasteiger charge is -2.00. The molecular weight excluding hydrogens is 400 g/mol. The predicted molar refractivity (Wildman–Crippen MR) is 99.7 cm³/mol. The molecule has 3 rings (SSSR count). The van der Waals surface area contributed by atoms with E-state index in [0.29, 0.717) is 25.7 Å². The third-order valence-corrected chi connectivity index (χ3v) is 5.67. The maximum Gasteiger partial charge on any atom is 0.276 e. The number of nitrogens with zero attached hydrogens (tertiary/aromatic N) is 4. The molecule has 0 N–H and O–H groups in total. The molecule has 0 spiro atoms. The van der Waals surface area contributed by atoms with Gasteiger partial charge >= 0.3 is 0 Å². The summed E-state index contributed by atoms with van der Waals surface area (Å²) in [6, 6.07) is 10.8. The molecule has 0 saturated carbocycles. The van der Waals surface area contributed by atoms with Crippen LogP contribution in [0.15, 0.2) is 46.8 Å². The molecule has 3 aromatic rings. The van der Waals surface area contributed by atoms with E-state index in [9.17, 15) is 20.2 Å². The standard InChI is InChI=1S/C15H9ClN4O4S2/c16-11-3-1-10(2-4-11)14-17-18-15(26-14)25-8-9-5-12(19(21)22)7-13(6-9)20(23)24/h1-7H,8H2. The van der Waals surface area contributed by atoms with Crippen LogP contribution in [0.3, 0.4) is 0 Å². The zero-order valence-electron chi connectivity index (χ0n) is 12.9. The maximum atomic E-state index is 10.9. The van der Waals surface area contributed by atoms with Crippen molar-refractivity contribution in [3.05, 3.63) is 73.3 Å². The lowest BCUT2D eigenvalue weighted by molar-refractivity contribution is -0.394. The van der Waals surface area contributed by atoms with Gasteiger partial charge in [-0.15, -0.1) is 10.2 Å². The summed E-state index contributed by atoms with van der Waals surface area (Å²) >= 11 is 8.53. The highest BCUT2D eigenvalue weighted by Gasteiger charge is 2.17. The monoisotopic (exact) mass is 408 g/mol. The SMILES string of the molecule is O=[N+]([O-])c1cc(CSc2nnc(-c3ccc(Cl)cc3)s2)cc([N+](=O)[O-])c1. The first-order valence-electron chi connectivity index (χ1n) is 7.07. The number of aromatic nitrogens is 2. The van der Waals surface area contributed by atoms with Crippen LogP contribution in [0.25, 0.3) is 10.6 Å². The van der Waals surface area contributed by atoms with E-state index in [1.807, 2.05) is 12.1 Å². The predicted octanol–water partition coefficient (Wildman–Crippen LogP) is 4.97. The van der Waals surface area contributed by atoms with Crippen molar-refractivity contribution in [2.45, 2.75) is 10.1 Å². The van der Waals surface area contributed by atoms with E-state index in [-0.39, 0.29) is 11.4 Å². The van der Waals surface area contributed by atoms with E-state index in [1.54, 1.807) is 12.1 Å². The summed E-state index contributed by atoms with van der Waals surface area (Å²) in [4.78, 5) is 20.6. The first-order chi connectivity index (χ1) is 12.4. The minimum absolute atomic E-state index is 0.303. The summed E-state index contributed by atoms with van der Waals surface area (Å²) in [5.74, 6) is 0.303. The van der Waals surface area contributed by atoms with Crippen molar-refractivity contribution in [2.24, 2.45) is 0 Å². The fraction of sp³-hybridized carbons (Fsp3) is 0.0667. The van der Waals surface area contributed by atoms with Crippen molar-refractivity contribution in [1.29, 1.82) is 0 Å². The van der Waals surface area contributed by atoms with Gasteiger partial charge in [-0.3, -0.25) is 20.2 Å². The summed E-state index contributed by atoms with van der Waals surface area (Å²) in [5, 5.41) is 31.4. The Morgan fingerprint density at radius 2 is 1.62 bits per heavy atom. The maximum absolute atomic E-state index is 10.9. The number of halogens is 1. The third kappa shape index (κ3) is 4.34. The summed E-state index contributed by atoms with van der Waals surface area (Å²) in [6.45, 7) is 0. The number of hydrogen-bond donors (Lipinski definition) is 0. The quantitative estimate of drug-likeness (QED) is 0.321. The number of rotatable bonds is 6. The summed E-state index contributed by atoms with van der Waals surface area (Å²) in [5.41, 5.74) is 0.728. The zero-order valence-corrected chi connectivity index (χ0v) is 15.3. The molecular formula is C15H9ClN4O4S2. The lowest BCUT2D eigenvalue weighted by Crippen LogP contribution is -1.95. The Labute approximate surface area is 160 Å². The molecule has 2 aromatic carbocycles. The summed E-state index contributed by atoms with van der Waals surface area (Å²) in [6.07, 6.45) is 0. The molecule has 11 heteroatoms. The van der Waals surface area contributed by atoms with E-state index in [2.05, 4.69) is 10.2 Å². The minimum Gasteiger partial charge on any atom is -0.258 e. The first-order valence-corrected chi connectivity index (χ1v) is 9.25. The molecule has 0 aliphatic rings. The number of nitro benzene ring substituents is 2. The van der Waals surface area contributed by atoms with Crippen molar-refractivity contribution < 1.29 is 9.85 Å². The molecule has 0 atom stereocenters. The van der Waals surface area contributed by atoms with Crippen LogP contribution in [0.5, 0.6) is 0 Å². The molecule has 132 valence electrons. The molecule has 26 heavy (non-hydrogen) atoms. The molecule has 0 bridgehead atoms. The van der Waals surface area contributed by atoms with Gasteiger partial charge in [-0.25, -0.2) is 0 Å². The normalized spacial score (nSPS) is 10.7. The van der Waals surface area contributed by atoms with Gasteiger partial charge in [0, 0.05) is 28.5 Å². The molecule has 0 radical (unpaired) electrons. The Hall–Kier alpha value is -2.56. The number of nitro groups is 2. The number of benzene rings is 2. The zero-order chi connectivity index (χ0) is 18.7. The van der Waals surface area contributed by atoms with Crippen LogP contribution in [0.1, 0.15) is 5.56 Å². The molecule has 0 unspecified atom stereocenters. The minimum atomic E-state index is -0.648. The lowest BCUT2D eigenvalue weighted by atomic mass is 10.2. The highest BCUT2D eigenvalue weighted by atomic mass is 35.5. The van der Waals surface area contributed by atoms with E-state index in [0.717, 1.165) is 11.6 Å². The van der Waals surface area contributed by atoms with Crippen LogP contribution in [-0.4, -0.2) is 20.0 Å². The van der Waals surface area contributed by atoms with Crippen LogP contribution < -0.4 is 0 Å². The molecule has 0 aliphatic heterocycles. The van der Waals surface area contributed by atoms with E-state index < -0.39 is 9.85 Å². The van der Waals surface area contributed by atoms with Crippen molar-refractivity contribution in [3.8, 4) is 10.6 Å². The van der Waals surface area contributed by atoms with Crippen molar-refractivity contribution in [2.75, 3.05) is 0 Å². The first kappa shape index (κ1) is 18.2. The number of non-ortho nitro benzene ring substituents is 2.